The monoisotopic (exact) mass is 307 g/mol. The van der Waals surface area contributed by atoms with Crippen molar-refractivity contribution in [3.63, 3.8) is 0 Å². The summed E-state index contributed by atoms with van der Waals surface area (Å²) < 4.78 is 13.8. The molecular formula is C14H14FN3O2S. The summed E-state index contributed by atoms with van der Waals surface area (Å²) in [5, 5.41) is 11.3. The molecule has 1 saturated heterocycles. The molecule has 21 heavy (non-hydrogen) atoms. The lowest BCUT2D eigenvalue weighted by molar-refractivity contribution is -0.127. The summed E-state index contributed by atoms with van der Waals surface area (Å²) in [4.78, 5) is 24.9. The maximum absolute atomic E-state index is 13.8. The van der Waals surface area contributed by atoms with Gasteiger partial charge in [-0.2, -0.15) is 17.0 Å². The van der Waals surface area contributed by atoms with E-state index in [0.717, 1.165) is 16.7 Å². The van der Waals surface area contributed by atoms with Gasteiger partial charge in [0.1, 0.15) is 11.9 Å². The van der Waals surface area contributed by atoms with Gasteiger partial charge in [0.2, 0.25) is 0 Å². The van der Waals surface area contributed by atoms with Crippen LogP contribution in [0.1, 0.15) is 17.5 Å². The molecule has 5 nitrogen and oxygen atoms in total. The molecule has 1 aliphatic heterocycles. The number of amides is 3. The third-order valence-electron chi connectivity index (χ3n) is 3.23. The Morgan fingerprint density at radius 3 is 2.86 bits per heavy atom. The summed E-state index contributed by atoms with van der Waals surface area (Å²) in [7, 11) is 0. The normalized spacial score (nSPS) is 17.8. The molecule has 1 aromatic rings. The molecule has 110 valence electrons. The smallest absolute Gasteiger partial charge is 0.325 e. The highest BCUT2D eigenvalue weighted by molar-refractivity contribution is 7.98. The van der Waals surface area contributed by atoms with E-state index in [2.05, 4.69) is 5.32 Å². The molecule has 0 spiro atoms. The van der Waals surface area contributed by atoms with Crippen LogP contribution in [0.15, 0.2) is 18.2 Å². The van der Waals surface area contributed by atoms with Crippen LogP contribution in [0.25, 0.3) is 0 Å². The van der Waals surface area contributed by atoms with Gasteiger partial charge in [-0.1, -0.05) is 6.07 Å². The summed E-state index contributed by atoms with van der Waals surface area (Å²) >= 11 is 1.59. The number of thioether (sulfide) groups is 1. The van der Waals surface area contributed by atoms with Crippen LogP contribution in [0.2, 0.25) is 0 Å². The first-order valence-corrected chi connectivity index (χ1v) is 7.75. The molecule has 0 radical (unpaired) electrons. The molecule has 0 bridgehead atoms. The zero-order valence-electron chi connectivity index (χ0n) is 11.4. The molecule has 1 fully saturated rings. The molecule has 0 saturated carbocycles. The quantitative estimate of drug-likeness (QED) is 0.843. The minimum absolute atomic E-state index is 0.127. The summed E-state index contributed by atoms with van der Waals surface area (Å²) in [5.41, 5.74) is 0.411. The van der Waals surface area contributed by atoms with E-state index >= 15 is 0 Å². The molecule has 3 amide bonds. The number of nitrogens with one attached hydrogen (secondary N) is 1. The Labute approximate surface area is 126 Å². The fraction of sp³-hybridized carbons (Fsp3) is 0.357. The highest BCUT2D eigenvalue weighted by atomic mass is 32.2. The average Bonchev–Trinajstić information content (AvgIpc) is 2.74. The second-order valence-electron chi connectivity index (χ2n) is 4.63. The first-order chi connectivity index (χ1) is 10.1. The van der Waals surface area contributed by atoms with Crippen molar-refractivity contribution in [2.75, 3.05) is 12.0 Å². The van der Waals surface area contributed by atoms with Gasteiger partial charge in [0.15, 0.2) is 0 Å². The predicted octanol–water partition coefficient (Wildman–Crippen LogP) is 1.87. The van der Waals surface area contributed by atoms with E-state index in [1.165, 1.54) is 12.1 Å². The van der Waals surface area contributed by atoms with Crippen molar-refractivity contribution in [2.24, 2.45) is 0 Å². The number of nitriles is 1. The minimum atomic E-state index is -0.595. The second kappa shape index (κ2) is 6.59. The topological polar surface area (TPSA) is 73.2 Å². The van der Waals surface area contributed by atoms with Crippen molar-refractivity contribution >= 4 is 23.7 Å². The molecule has 0 aliphatic carbocycles. The molecule has 1 heterocycles. The number of carbonyl (C=O) groups is 2. The van der Waals surface area contributed by atoms with Crippen LogP contribution in [0.5, 0.6) is 0 Å². The van der Waals surface area contributed by atoms with Gasteiger partial charge in [-0.3, -0.25) is 9.69 Å². The van der Waals surface area contributed by atoms with Gasteiger partial charge in [0.25, 0.3) is 5.91 Å². The van der Waals surface area contributed by atoms with Crippen LogP contribution in [-0.2, 0) is 11.3 Å². The maximum Gasteiger partial charge on any atom is 0.325 e. The number of hydrogen-bond acceptors (Lipinski definition) is 4. The van der Waals surface area contributed by atoms with E-state index < -0.39 is 17.9 Å². The third-order valence-corrected chi connectivity index (χ3v) is 3.87. The zero-order valence-corrected chi connectivity index (χ0v) is 12.2. The van der Waals surface area contributed by atoms with Crippen molar-refractivity contribution in [3.05, 3.63) is 35.1 Å². The molecule has 1 atom stereocenters. The Morgan fingerprint density at radius 2 is 2.24 bits per heavy atom. The number of nitrogens with zero attached hydrogens (tertiary/aromatic N) is 2. The minimum Gasteiger partial charge on any atom is -0.326 e. The van der Waals surface area contributed by atoms with Crippen molar-refractivity contribution in [1.29, 1.82) is 5.26 Å². The fourth-order valence-electron chi connectivity index (χ4n) is 2.07. The predicted molar refractivity (Wildman–Crippen MR) is 77.0 cm³/mol. The van der Waals surface area contributed by atoms with Gasteiger partial charge in [-0.05, 0) is 30.6 Å². The van der Waals surface area contributed by atoms with Gasteiger partial charge in [-0.25, -0.2) is 9.18 Å². The van der Waals surface area contributed by atoms with Crippen molar-refractivity contribution in [2.45, 2.75) is 19.0 Å². The number of carbonyl (C=O) groups excluding carboxylic acids is 2. The molecule has 7 heteroatoms. The lowest BCUT2D eigenvalue weighted by Crippen LogP contribution is -2.31. The summed E-state index contributed by atoms with van der Waals surface area (Å²) in [5.74, 6) is -0.171. The summed E-state index contributed by atoms with van der Waals surface area (Å²) in [6.45, 7) is -0.127. The standard InChI is InChI=1S/C14H14FN3O2S/c1-21-5-4-12-13(19)18(14(20)17-12)8-10-3-2-9(7-16)6-11(10)15/h2-3,6,12H,4-5,8H2,1H3,(H,17,20)/t12-/m0/s1. The average molecular weight is 307 g/mol. The number of urea groups is 1. The molecular weight excluding hydrogens is 293 g/mol. The van der Waals surface area contributed by atoms with Crippen molar-refractivity contribution in [3.8, 4) is 6.07 Å². The number of hydrogen-bond donors (Lipinski definition) is 1. The number of benzene rings is 1. The first kappa shape index (κ1) is 15.3. The zero-order chi connectivity index (χ0) is 15.4. The molecule has 0 unspecified atom stereocenters. The van der Waals surface area contributed by atoms with Crippen LogP contribution in [0.4, 0.5) is 9.18 Å². The number of halogens is 1. The van der Waals surface area contributed by atoms with Crippen molar-refractivity contribution < 1.29 is 14.0 Å². The van der Waals surface area contributed by atoms with Gasteiger partial charge in [0.05, 0.1) is 18.2 Å². The highest BCUT2D eigenvalue weighted by Crippen LogP contribution is 2.18. The lowest BCUT2D eigenvalue weighted by atomic mass is 10.1. The van der Waals surface area contributed by atoms with Gasteiger partial charge in [-0.15, -0.1) is 0 Å². The summed E-state index contributed by atoms with van der Waals surface area (Å²) in [6, 6.07) is 4.77. The third kappa shape index (κ3) is 3.34. The van der Waals surface area contributed by atoms with Crippen LogP contribution in [-0.4, -0.2) is 34.9 Å². The SMILES string of the molecule is CSCC[C@@H]1NC(=O)N(Cc2ccc(C#N)cc2F)C1=O. The Hall–Kier alpha value is -2.07. The Bertz CT molecular complexity index is 615. The van der Waals surface area contributed by atoms with Crippen molar-refractivity contribution in [1.82, 2.24) is 10.2 Å². The van der Waals surface area contributed by atoms with E-state index in [4.69, 9.17) is 5.26 Å². The van der Waals surface area contributed by atoms with E-state index in [1.807, 2.05) is 12.3 Å². The molecule has 1 N–H and O–H groups in total. The summed E-state index contributed by atoms with van der Waals surface area (Å²) in [6.07, 6.45) is 2.48. The maximum atomic E-state index is 13.8. The second-order valence-corrected chi connectivity index (χ2v) is 5.61. The van der Waals surface area contributed by atoms with Crippen LogP contribution in [0, 0.1) is 17.1 Å². The molecule has 1 aliphatic rings. The highest BCUT2D eigenvalue weighted by Gasteiger charge is 2.37. The van der Waals surface area contributed by atoms with Gasteiger partial charge >= 0.3 is 6.03 Å². The van der Waals surface area contributed by atoms with E-state index in [9.17, 15) is 14.0 Å². The Kier molecular flexibility index (Phi) is 4.81. The van der Waals surface area contributed by atoms with Gasteiger partial charge < -0.3 is 5.32 Å². The first-order valence-electron chi connectivity index (χ1n) is 6.36. The number of imide groups is 1. The molecule has 0 aromatic heterocycles. The van der Waals surface area contributed by atoms with E-state index in [-0.39, 0.29) is 23.6 Å². The molecule has 1 aromatic carbocycles. The largest absolute Gasteiger partial charge is 0.326 e. The van der Waals surface area contributed by atoms with Gasteiger partial charge in [0, 0.05) is 5.56 Å². The lowest BCUT2D eigenvalue weighted by Gasteiger charge is -2.13. The van der Waals surface area contributed by atoms with Crippen LogP contribution in [0.3, 0.4) is 0 Å². The van der Waals surface area contributed by atoms with Crippen LogP contribution >= 0.6 is 11.8 Å². The van der Waals surface area contributed by atoms with E-state index in [0.29, 0.717) is 6.42 Å². The Balaban J connectivity index is 2.11. The number of rotatable bonds is 5. The van der Waals surface area contributed by atoms with E-state index in [1.54, 1.807) is 11.8 Å². The Morgan fingerprint density at radius 1 is 1.48 bits per heavy atom. The fourth-order valence-corrected chi connectivity index (χ4v) is 2.54. The van der Waals surface area contributed by atoms with Crippen LogP contribution < -0.4 is 5.32 Å². The molecule has 2 rings (SSSR count).